The Morgan fingerprint density at radius 1 is 0.310 bits per heavy atom. The summed E-state index contributed by atoms with van der Waals surface area (Å²) >= 11 is 3.42. The fraction of sp³-hybridized carbons (Fsp3) is 0.350. The zero-order chi connectivity index (χ0) is 75.8. The van der Waals surface area contributed by atoms with Crippen molar-refractivity contribution in [2.45, 2.75) is 180 Å². The van der Waals surface area contributed by atoms with Gasteiger partial charge in [0.2, 0.25) is 5.78 Å². The Balaban J connectivity index is 0. The van der Waals surface area contributed by atoms with Gasteiger partial charge in [0.25, 0.3) is 0 Å². The Kier molecular flexibility index (Phi) is 52.5. The summed E-state index contributed by atoms with van der Waals surface area (Å²) in [5.74, 6) is 4.19. The smallest absolute Gasteiger partial charge is 0.233 e. The Morgan fingerprint density at radius 3 is 1.37 bits per heavy atom. The fourth-order valence-electron chi connectivity index (χ4n) is 7.76. The quantitative estimate of drug-likeness (QED) is 0.139. The van der Waals surface area contributed by atoms with Gasteiger partial charge in [-0.25, -0.2) is 54.8 Å². The molecule has 0 spiro atoms. The summed E-state index contributed by atoms with van der Waals surface area (Å²) in [6.45, 7) is 51.7. The van der Waals surface area contributed by atoms with Crippen molar-refractivity contribution in [2.75, 3.05) is 0 Å². The van der Waals surface area contributed by atoms with E-state index in [1.807, 2.05) is 354 Å². The number of thiazole rings is 2. The lowest BCUT2D eigenvalue weighted by atomic mass is 10.3. The molecule has 0 N–H and O–H groups in total. The minimum atomic E-state index is 0.661. The van der Waals surface area contributed by atoms with Crippen LogP contribution in [0.3, 0.4) is 0 Å². The van der Waals surface area contributed by atoms with Crippen LogP contribution in [0.25, 0.3) is 76.5 Å². The SMILES string of the molecule is CC.CC.CC.CC.CC.CC.CC.CC.CC.CC.Cc1nc2ccccc2n1C.Cc1nc2ccccc2o1.Cc1nc2ccccc2s1.Cc1nc2cccnc2n1C.Cc1nc2ncccc2o1.Cc1nc2ncccc2s1.c1ccn2ccnc2c1.c1cnc2nccn2c1. The fourth-order valence-corrected chi connectivity index (χ4v) is 9.37. The third kappa shape index (κ3) is 31.3. The van der Waals surface area contributed by atoms with Gasteiger partial charge in [-0.05, 0) is 119 Å². The van der Waals surface area contributed by atoms with Gasteiger partial charge in [0, 0.05) is 89.9 Å². The number of nitrogens with zero attached hydrogens (tertiary/aromatic N) is 16. The van der Waals surface area contributed by atoms with Gasteiger partial charge in [-0.15, -0.1) is 22.7 Å². The molecule has 0 atom stereocenters. The average molecular weight is 1400 g/mol. The monoisotopic (exact) mass is 1400 g/mol. The maximum atomic E-state index is 5.26. The van der Waals surface area contributed by atoms with Gasteiger partial charge in [-0.2, -0.15) is 4.98 Å². The predicted octanol–water partition coefficient (Wildman–Crippen LogP) is 23.8. The van der Waals surface area contributed by atoms with Crippen LogP contribution < -0.4 is 0 Å². The lowest BCUT2D eigenvalue weighted by Crippen LogP contribution is -1.91. The van der Waals surface area contributed by atoms with Crippen molar-refractivity contribution in [2.24, 2.45) is 14.1 Å². The van der Waals surface area contributed by atoms with Crippen LogP contribution in [0.5, 0.6) is 0 Å². The van der Waals surface area contributed by atoms with E-state index in [0.29, 0.717) is 11.5 Å². The van der Waals surface area contributed by atoms with Gasteiger partial charge in [0.1, 0.15) is 28.3 Å². The van der Waals surface area contributed by atoms with Crippen molar-refractivity contribution < 1.29 is 8.83 Å². The number of hydrogen-bond acceptors (Lipinski definition) is 16. The molecule has 16 aromatic rings. The van der Waals surface area contributed by atoms with Crippen molar-refractivity contribution >= 4 is 99.2 Å². The van der Waals surface area contributed by atoms with E-state index in [9.17, 15) is 0 Å². The van der Waals surface area contributed by atoms with Crippen LogP contribution >= 0.6 is 22.7 Å². The number of pyridine rings is 4. The molecule has 13 aromatic heterocycles. The summed E-state index contributed by atoms with van der Waals surface area (Å²) in [6, 6.07) is 43.4. The van der Waals surface area contributed by atoms with Crippen LogP contribution in [-0.4, -0.2) is 77.7 Å². The van der Waals surface area contributed by atoms with Crippen molar-refractivity contribution in [1.29, 1.82) is 0 Å². The number of para-hydroxylation sites is 5. The van der Waals surface area contributed by atoms with E-state index in [0.717, 1.165) is 83.5 Å². The van der Waals surface area contributed by atoms with Gasteiger partial charge >= 0.3 is 0 Å². The lowest BCUT2D eigenvalue weighted by molar-refractivity contribution is 0.560. The molecule has 0 aliphatic carbocycles. The Bertz CT molecular complexity index is 3930. The van der Waals surface area contributed by atoms with E-state index in [-0.39, 0.29) is 0 Å². The third-order valence-corrected chi connectivity index (χ3v) is 13.6. The second-order valence-electron chi connectivity index (χ2n) is 17.4. The highest BCUT2D eigenvalue weighted by molar-refractivity contribution is 7.18. The Labute approximate surface area is 605 Å². The van der Waals surface area contributed by atoms with E-state index in [1.54, 1.807) is 59.9 Å². The average Bonchev–Trinajstić information content (AvgIpc) is 1.78. The Hall–Kier alpha value is -9.92. The second kappa shape index (κ2) is 57.0. The molecule has 100 heavy (non-hydrogen) atoms. The molecule has 0 saturated heterocycles. The molecule has 0 radical (unpaired) electrons. The van der Waals surface area contributed by atoms with Crippen LogP contribution in [0.4, 0.5) is 0 Å². The number of aromatic nitrogens is 16. The highest BCUT2D eigenvalue weighted by Gasteiger charge is 2.04. The largest absolute Gasteiger partial charge is 0.441 e. The number of imidazole rings is 4. The molecular formula is C80H116N16O2S2. The molecule has 0 fully saturated rings. The molecule has 3 aromatic carbocycles. The van der Waals surface area contributed by atoms with E-state index in [2.05, 4.69) is 76.5 Å². The highest BCUT2D eigenvalue weighted by Crippen LogP contribution is 2.21. The van der Waals surface area contributed by atoms with Gasteiger partial charge in [-0.1, -0.05) is 181 Å². The zero-order valence-electron chi connectivity index (χ0n) is 65.3. The van der Waals surface area contributed by atoms with Crippen LogP contribution in [0.15, 0.2) is 204 Å². The van der Waals surface area contributed by atoms with Gasteiger partial charge < -0.3 is 22.4 Å². The summed E-state index contributed by atoms with van der Waals surface area (Å²) in [5.41, 5.74) is 10.4. The molecule has 18 nitrogen and oxygen atoms in total. The second-order valence-corrected chi connectivity index (χ2v) is 19.9. The Morgan fingerprint density at radius 2 is 0.760 bits per heavy atom. The first-order chi connectivity index (χ1) is 48.9. The van der Waals surface area contributed by atoms with Crippen molar-refractivity contribution in [3.63, 3.8) is 0 Å². The van der Waals surface area contributed by atoms with Crippen LogP contribution in [-0.2, 0) is 14.1 Å². The maximum absolute atomic E-state index is 5.26. The normalized spacial score (nSPS) is 9.00. The first-order valence-corrected chi connectivity index (χ1v) is 36.8. The molecule has 0 unspecified atom stereocenters. The molecule has 0 saturated carbocycles. The lowest BCUT2D eigenvalue weighted by Gasteiger charge is -1.93. The molecular weight excluding hydrogens is 1280 g/mol. The molecule has 540 valence electrons. The van der Waals surface area contributed by atoms with Crippen molar-refractivity contribution in [3.05, 3.63) is 229 Å². The predicted molar refractivity (Wildman–Crippen MR) is 432 cm³/mol. The van der Waals surface area contributed by atoms with E-state index < -0.39 is 0 Å². The van der Waals surface area contributed by atoms with Crippen LogP contribution in [0.2, 0.25) is 0 Å². The minimum absolute atomic E-state index is 0.661. The number of fused-ring (bicyclic) bond motifs is 8. The molecule has 0 aliphatic rings. The molecule has 20 heteroatoms. The summed E-state index contributed by atoms with van der Waals surface area (Å²) in [5, 5.41) is 2.22. The molecule has 13 heterocycles. The zero-order valence-corrected chi connectivity index (χ0v) is 66.9. The maximum Gasteiger partial charge on any atom is 0.233 e. The number of hydrogen-bond donors (Lipinski definition) is 0. The van der Waals surface area contributed by atoms with Crippen LogP contribution in [0.1, 0.15) is 172 Å². The van der Waals surface area contributed by atoms with E-state index >= 15 is 0 Å². The van der Waals surface area contributed by atoms with Gasteiger partial charge in [0.05, 0.1) is 36.0 Å². The topological polar surface area (TPSA) is 200 Å². The molecule has 0 bridgehead atoms. The standard InChI is InChI=1S/C9H10N2.C8H9N3.C8H7NO.C8H7NS.C7H6N2O.C7H6N2S.C7H6N2.C6H5N3.10C2H6/c1-7-10-8-5-3-4-6-9(8)11(7)2;1-6-10-7-4-3-5-9-8(7)11(6)2;2*1-6-9-7-4-2-3-5-8(7)10-6;2*1-5-9-7-6(10-5)3-2-4-8-7;1-2-5-9-6-4-8-7(9)3-1;1-2-7-6-8-3-5-9(6)4-1;10*1-2/h3-6H,1-2H3;3-5H,1-2H3;2*2-5H,1H3;2*2-4H,1H3;1-6H;1-5H;10*1-2H3. The number of oxazole rings is 2. The molecule has 0 amide bonds. The summed E-state index contributed by atoms with van der Waals surface area (Å²) in [4.78, 5) is 49.8. The summed E-state index contributed by atoms with van der Waals surface area (Å²) in [6.07, 6.45) is 18.2. The van der Waals surface area contributed by atoms with Crippen molar-refractivity contribution in [3.8, 4) is 0 Å². The summed E-state index contributed by atoms with van der Waals surface area (Å²) in [7, 11) is 4.00. The summed E-state index contributed by atoms with van der Waals surface area (Å²) < 4.78 is 20.8. The number of aryl methyl sites for hydroxylation is 8. The van der Waals surface area contributed by atoms with E-state index in [4.69, 9.17) is 8.83 Å². The first-order valence-electron chi connectivity index (χ1n) is 35.2. The minimum Gasteiger partial charge on any atom is -0.441 e. The van der Waals surface area contributed by atoms with Crippen molar-refractivity contribution in [1.82, 2.24) is 77.7 Å². The van der Waals surface area contributed by atoms with Crippen LogP contribution in [0, 0.1) is 41.5 Å². The number of rotatable bonds is 0. The van der Waals surface area contributed by atoms with Gasteiger partial charge in [-0.3, -0.25) is 4.40 Å². The third-order valence-electron chi connectivity index (χ3n) is 11.7. The first kappa shape index (κ1) is 92.1. The van der Waals surface area contributed by atoms with Gasteiger partial charge in [0.15, 0.2) is 39.9 Å². The number of benzene rings is 3. The molecule has 16 rings (SSSR count). The highest BCUT2D eigenvalue weighted by atomic mass is 32.1. The molecule has 0 aliphatic heterocycles. The van der Waals surface area contributed by atoms with E-state index in [1.165, 1.54) is 14.9 Å².